The fourth-order valence-corrected chi connectivity index (χ4v) is 1.18. The van der Waals surface area contributed by atoms with Crippen LogP contribution in [-0.4, -0.2) is 11.4 Å². The molecule has 0 aromatic heterocycles. The van der Waals surface area contributed by atoms with E-state index >= 15 is 0 Å². The van der Waals surface area contributed by atoms with Crippen molar-refractivity contribution in [3.05, 3.63) is 30.3 Å². The van der Waals surface area contributed by atoms with Gasteiger partial charge < -0.3 is 5.73 Å². The number of para-hydroxylation sites is 1. The third kappa shape index (κ3) is 2.35. The molecular formula is C8H7F3N2S. The molecule has 76 valence electrons. The highest BCUT2D eigenvalue weighted by atomic mass is 32.1. The average Bonchev–Trinajstić information content (AvgIpc) is 2.02. The molecule has 0 aliphatic rings. The molecule has 0 unspecified atom stereocenters. The van der Waals surface area contributed by atoms with E-state index in [1.807, 2.05) is 0 Å². The standard InChI is InChI=1S/C8H7F3N2S/c9-8(10,11)13(7(12)14)6-4-2-1-3-5-6/h1-5H,(H2,12,14). The van der Waals surface area contributed by atoms with Gasteiger partial charge in [-0.2, -0.15) is 0 Å². The molecule has 0 atom stereocenters. The molecule has 14 heavy (non-hydrogen) atoms. The van der Waals surface area contributed by atoms with Crippen LogP contribution in [0.1, 0.15) is 0 Å². The smallest absolute Gasteiger partial charge is 0.376 e. The molecule has 0 saturated carbocycles. The molecule has 0 heterocycles. The van der Waals surface area contributed by atoms with Crippen molar-refractivity contribution >= 4 is 23.0 Å². The predicted octanol–water partition coefficient (Wildman–Crippen LogP) is 2.26. The first-order valence-electron chi connectivity index (χ1n) is 3.64. The van der Waals surface area contributed by atoms with Gasteiger partial charge in [0.1, 0.15) is 0 Å². The van der Waals surface area contributed by atoms with E-state index in [4.69, 9.17) is 5.73 Å². The van der Waals surface area contributed by atoms with Crippen molar-refractivity contribution in [2.24, 2.45) is 5.73 Å². The average molecular weight is 220 g/mol. The van der Waals surface area contributed by atoms with E-state index < -0.39 is 11.4 Å². The second-order valence-corrected chi connectivity index (χ2v) is 2.90. The zero-order valence-corrected chi connectivity index (χ0v) is 7.77. The van der Waals surface area contributed by atoms with Crippen LogP contribution in [0.4, 0.5) is 18.9 Å². The van der Waals surface area contributed by atoms with Crippen molar-refractivity contribution in [3.8, 4) is 0 Å². The minimum atomic E-state index is -4.59. The van der Waals surface area contributed by atoms with Gasteiger partial charge in [-0.15, -0.1) is 13.2 Å². The van der Waals surface area contributed by atoms with E-state index in [0.717, 1.165) is 0 Å². The van der Waals surface area contributed by atoms with E-state index in [9.17, 15) is 13.2 Å². The van der Waals surface area contributed by atoms with Crippen molar-refractivity contribution in [1.29, 1.82) is 0 Å². The first kappa shape index (κ1) is 10.8. The van der Waals surface area contributed by atoms with Crippen molar-refractivity contribution in [2.45, 2.75) is 6.30 Å². The molecule has 0 aliphatic heterocycles. The Hall–Kier alpha value is -1.30. The molecule has 2 N–H and O–H groups in total. The van der Waals surface area contributed by atoms with Crippen LogP contribution in [-0.2, 0) is 0 Å². The summed E-state index contributed by atoms with van der Waals surface area (Å²) in [6, 6.07) is 7.13. The minimum absolute atomic E-state index is 0.0532. The summed E-state index contributed by atoms with van der Waals surface area (Å²) in [5.41, 5.74) is 4.90. The Morgan fingerprint density at radius 3 is 2.07 bits per heavy atom. The van der Waals surface area contributed by atoms with Crippen molar-refractivity contribution in [3.63, 3.8) is 0 Å². The summed E-state index contributed by atoms with van der Waals surface area (Å²) in [4.78, 5) is -0.0532. The number of rotatable bonds is 1. The molecule has 1 aromatic rings. The fraction of sp³-hybridized carbons (Fsp3) is 0.125. The Morgan fingerprint density at radius 2 is 1.71 bits per heavy atom. The molecule has 1 aromatic carbocycles. The second-order valence-electron chi connectivity index (χ2n) is 2.48. The third-order valence-corrected chi connectivity index (χ3v) is 1.67. The molecule has 1 rings (SSSR count). The van der Waals surface area contributed by atoms with Crippen LogP contribution in [0.15, 0.2) is 30.3 Å². The Bertz CT molecular complexity index is 323. The van der Waals surface area contributed by atoms with Gasteiger partial charge in [0.05, 0.1) is 5.69 Å². The number of nitrogens with zero attached hydrogens (tertiary/aromatic N) is 1. The maximum Gasteiger partial charge on any atom is 0.491 e. The number of alkyl halides is 3. The minimum Gasteiger partial charge on any atom is -0.376 e. The van der Waals surface area contributed by atoms with Crippen molar-refractivity contribution in [2.75, 3.05) is 4.90 Å². The molecule has 0 spiro atoms. The molecule has 2 nitrogen and oxygen atoms in total. The van der Waals surface area contributed by atoms with E-state index in [0.29, 0.717) is 0 Å². The summed E-state index contributed by atoms with van der Waals surface area (Å²) in [6.07, 6.45) is -4.59. The first-order chi connectivity index (χ1) is 6.43. The molecule has 6 heteroatoms. The second kappa shape index (κ2) is 3.83. The lowest BCUT2D eigenvalue weighted by molar-refractivity contribution is -0.118. The maximum absolute atomic E-state index is 12.4. The zero-order chi connectivity index (χ0) is 10.8. The monoisotopic (exact) mass is 220 g/mol. The van der Waals surface area contributed by atoms with E-state index in [-0.39, 0.29) is 10.6 Å². The quantitative estimate of drug-likeness (QED) is 0.581. The molecule has 0 amide bonds. The molecule has 0 bridgehead atoms. The Balaban J connectivity index is 3.08. The van der Waals surface area contributed by atoms with Gasteiger partial charge in [-0.1, -0.05) is 18.2 Å². The number of anilines is 1. The lowest BCUT2D eigenvalue weighted by atomic mass is 10.3. The van der Waals surface area contributed by atoms with Crippen molar-refractivity contribution < 1.29 is 13.2 Å². The van der Waals surface area contributed by atoms with Gasteiger partial charge in [0.25, 0.3) is 0 Å². The molecule has 0 radical (unpaired) electrons. The lowest BCUT2D eigenvalue weighted by Gasteiger charge is -2.24. The Kier molecular flexibility index (Phi) is 2.95. The lowest BCUT2D eigenvalue weighted by Crippen LogP contribution is -2.46. The number of benzene rings is 1. The van der Waals surface area contributed by atoms with Crippen LogP contribution < -0.4 is 10.6 Å². The number of hydrogen-bond donors (Lipinski definition) is 1. The number of hydrogen-bond acceptors (Lipinski definition) is 1. The molecule has 0 aliphatic carbocycles. The topological polar surface area (TPSA) is 29.3 Å². The highest BCUT2D eigenvalue weighted by Crippen LogP contribution is 2.27. The van der Waals surface area contributed by atoms with Gasteiger partial charge in [-0.3, -0.25) is 0 Å². The van der Waals surface area contributed by atoms with Gasteiger partial charge in [0.15, 0.2) is 5.11 Å². The summed E-state index contributed by atoms with van der Waals surface area (Å²) in [6.45, 7) is 0. The van der Waals surface area contributed by atoms with Crippen LogP contribution in [0.3, 0.4) is 0 Å². The van der Waals surface area contributed by atoms with Crippen molar-refractivity contribution in [1.82, 2.24) is 0 Å². The van der Waals surface area contributed by atoms with Crippen LogP contribution in [0.2, 0.25) is 0 Å². The largest absolute Gasteiger partial charge is 0.491 e. The highest BCUT2D eigenvalue weighted by Gasteiger charge is 2.39. The summed E-state index contributed by atoms with van der Waals surface area (Å²) in [5, 5.41) is -0.719. The van der Waals surface area contributed by atoms with Gasteiger partial charge in [-0.05, 0) is 24.4 Å². The Morgan fingerprint density at radius 1 is 1.21 bits per heavy atom. The van der Waals surface area contributed by atoms with E-state index in [1.165, 1.54) is 24.3 Å². The number of thiocarbonyl (C=S) groups is 1. The normalized spacial score (nSPS) is 11.1. The van der Waals surface area contributed by atoms with Crippen LogP contribution in [0.5, 0.6) is 0 Å². The van der Waals surface area contributed by atoms with Gasteiger partial charge in [0.2, 0.25) is 0 Å². The first-order valence-corrected chi connectivity index (χ1v) is 4.05. The maximum atomic E-state index is 12.4. The fourth-order valence-electron chi connectivity index (χ4n) is 0.976. The Labute approximate surface area is 84.1 Å². The van der Waals surface area contributed by atoms with Gasteiger partial charge in [-0.25, -0.2) is 4.90 Å². The SMILES string of the molecule is NC(=S)N(c1ccccc1)C(F)(F)F. The summed E-state index contributed by atoms with van der Waals surface area (Å²) >= 11 is 4.33. The van der Waals surface area contributed by atoms with Crippen LogP contribution in [0.25, 0.3) is 0 Å². The summed E-state index contributed by atoms with van der Waals surface area (Å²) < 4.78 is 37.2. The van der Waals surface area contributed by atoms with Crippen LogP contribution in [0, 0.1) is 0 Å². The molecular weight excluding hydrogens is 213 g/mol. The number of nitrogens with two attached hydrogens (primary N) is 1. The van der Waals surface area contributed by atoms with E-state index in [1.54, 1.807) is 6.07 Å². The number of halogens is 3. The highest BCUT2D eigenvalue weighted by molar-refractivity contribution is 7.80. The van der Waals surface area contributed by atoms with E-state index in [2.05, 4.69) is 12.2 Å². The molecule has 0 saturated heterocycles. The third-order valence-electron chi connectivity index (χ3n) is 1.49. The summed E-state index contributed by atoms with van der Waals surface area (Å²) in [5.74, 6) is 0. The predicted molar refractivity (Wildman–Crippen MR) is 51.8 cm³/mol. The molecule has 0 fully saturated rings. The zero-order valence-electron chi connectivity index (χ0n) is 6.95. The van der Waals surface area contributed by atoms with Gasteiger partial charge in [0, 0.05) is 0 Å². The summed E-state index contributed by atoms with van der Waals surface area (Å²) in [7, 11) is 0. The van der Waals surface area contributed by atoms with Gasteiger partial charge >= 0.3 is 6.30 Å². The van der Waals surface area contributed by atoms with Crippen LogP contribution >= 0.6 is 12.2 Å².